The molecule has 1 rings (SSSR count). The molecule has 0 radical (unpaired) electrons. The fourth-order valence-electron chi connectivity index (χ4n) is 1.53. The lowest BCUT2D eigenvalue weighted by Crippen LogP contribution is -2.16. The van der Waals surface area contributed by atoms with Crippen molar-refractivity contribution in [2.45, 2.75) is 33.3 Å². The second-order valence-corrected chi connectivity index (χ2v) is 4.29. The molecule has 16 heavy (non-hydrogen) atoms. The summed E-state index contributed by atoms with van der Waals surface area (Å²) in [6, 6.07) is 3.56. The number of rotatable bonds is 4. The Hall–Kier alpha value is -1.76. The van der Waals surface area contributed by atoms with Crippen molar-refractivity contribution in [3.8, 4) is 11.9 Å². The predicted molar refractivity (Wildman–Crippen MR) is 62.9 cm³/mol. The summed E-state index contributed by atoms with van der Waals surface area (Å²) in [5.74, 6) is 0.974. The second-order valence-electron chi connectivity index (χ2n) is 4.29. The van der Waals surface area contributed by atoms with Gasteiger partial charge < -0.3 is 10.5 Å². The number of anilines is 1. The van der Waals surface area contributed by atoms with Crippen LogP contribution in [0.5, 0.6) is 5.88 Å². The molecule has 1 unspecified atom stereocenters. The number of nitrogens with two attached hydrogens (primary N) is 1. The van der Waals surface area contributed by atoms with E-state index < -0.39 is 0 Å². The van der Waals surface area contributed by atoms with Gasteiger partial charge in [-0.25, -0.2) is 4.98 Å². The maximum absolute atomic E-state index is 8.67. The Kier molecular flexibility index (Phi) is 4.12. The summed E-state index contributed by atoms with van der Waals surface area (Å²) in [5.41, 5.74) is 6.59. The van der Waals surface area contributed by atoms with E-state index in [1.54, 1.807) is 6.07 Å². The van der Waals surface area contributed by atoms with Gasteiger partial charge in [0.25, 0.3) is 0 Å². The van der Waals surface area contributed by atoms with Crippen LogP contribution in [0.15, 0.2) is 12.3 Å². The van der Waals surface area contributed by atoms with E-state index >= 15 is 0 Å². The lowest BCUT2D eigenvalue weighted by Gasteiger charge is -2.16. The Balaban J connectivity index is 2.71. The molecule has 2 N–H and O–H groups in total. The Morgan fingerprint density at radius 3 is 2.69 bits per heavy atom. The highest BCUT2D eigenvalue weighted by Crippen LogP contribution is 2.21. The van der Waals surface area contributed by atoms with Gasteiger partial charge in [0, 0.05) is 6.20 Å². The molecule has 0 spiro atoms. The average Bonchev–Trinajstić information content (AvgIpc) is 2.19. The van der Waals surface area contributed by atoms with Crippen LogP contribution in [-0.2, 0) is 0 Å². The van der Waals surface area contributed by atoms with Crippen molar-refractivity contribution in [1.82, 2.24) is 4.98 Å². The third-order valence-corrected chi connectivity index (χ3v) is 2.12. The molecule has 0 saturated carbocycles. The predicted octanol–water partition coefficient (Wildman–Crippen LogP) is 2.35. The molecule has 0 amide bonds. The van der Waals surface area contributed by atoms with E-state index in [0.717, 1.165) is 6.42 Å². The van der Waals surface area contributed by atoms with Crippen molar-refractivity contribution in [3.05, 3.63) is 17.8 Å². The van der Waals surface area contributed by atoms with E-state index in [9.17, 15) is 0 Å². The number of ether oxygens (including phenoxy) is 1. The van der Waals surface area contributed by atoms with Gasteiger partial charge in [0.15, 0.2) is 0 Å². The second kappa shape index (κ2) is 5.36. The monoisotopic (exact) mass is 219 g/mol. The standard InChI is InChI=1S/C12H17N3O/c1-8(2)4-9(3)16-12-11(14)5-10(6-13)7-15-12/h5,7-9H,4,14H2,1-3H3. The maximum atomic E-state index is 8.67. The SMILES string of the molecule is CC(C)CC(C)Oc1ncc(C#N)cc1N. The third-order valence-electron chi connectivity index (χ3n) is 2.12. The molecular weight excluding hydrogens is 202 g/mol. The first kappa shape index (κ1) is 12.3. The molecule has 86 valence electrons. The van der Waals surface area contributed by atoms with Crippen molar-refractivity contribution in [2.24, 2.45) is 5.92 Å². The zero-order valence-electron chi connectivity index (χ0n) is 9.90. The van der Waals surface area contributed by atoms with Gasteiger partial charge in [-0.15, -0.1) is 0 Å². The number of hydrogen-bond acceptors (Lipinski definition) is 4. The average molecular weight is 219 g/mol. The van der Waals surface area contributed by atoms with E-state index in [0.29, 0.717) is 23.0 Å². The van der Waals surface area contributed by atoms with Crippen LogP contribution in [0.2, 0.25) is 0 Å². The lowest BCUT2D eigenvalue weighted by atomic mass is 10.1. The van der Waals surface area contributed by atoms with E-state index in [2.05, 4.69) is 18.8 Å². The Morgan fingerprint density at radius 1 is 1.50 bits per heavy atom. The molecule has 0 aromatic carbocycles. The van der Waals surface area contributed by atoms with Gasteiger partial charge in [-0.2, -0.15) is 5.26 Å². The Labute approximate surface area is 96.1 Å². The van der Waals surface area contributed by atoms with Gasteiger partial charge in [0.1, 0.15) is 6.07 Å². The summed E-state index contributed by atoms with van der Waals surface area (Å²) in [5, 5.41) is 8.67. The maximum Gasteiger partial charge on any atom is 0.237 e. The number of nitrogen functional groups attached to an aromatic ring is 1. The first-order valence-electron chi connectivity index (χ1n) is 5.35. The quantitative estimate of drug-likeness (QED) is 0.843. The van der Waals surface area contributed by atoms with Crippen molar-refractivity contribution in [1.29, 1.82) is 5.26 Å². The van der Waals surface area contributed by atoms with Crippen molar-refractivity contribution >= 4 is 5.69 Å². The highest BCUT2D eigenvalue weighted by Gasteiger charge is 2.10. The number of nitriles is 1. The number of pyridine rings is 1. The van der Waals surface area contributed by atoms with Gasteiger partial charge in [0.2, 0.25) is 5.88 Å². The number of aromatic nitrogens is 1. The molecule has 0 aliphatic heterocycles. The molecule has 0 aliphatic carbocycles. The summed E-state index contributed by atoms with van der Waals surface area (Å²) < 4.78 is 5.61. The van der Waals surface area contributed by atoms with E-state index in [4.69, 9.17) is 15.7 Å². The normalized spacial score (nSPS) is 12.2. The molecule has 1 atom stereocenters. The van der Waals surface area contributed by atoms with E-state index in [1.165, 1.54) is 6.20 Å². The van der Waals surface area contributed by atoms with Crippen LogP contribution in [0.4, 0.5) is 5.69 Å². The fourth-order valence-corrected chi connectivity index (χ4v) is 1.53. The summed E-state index contributed by atoms with van der Waals surface area (Å²) >= 11 is 0. The minimum atomic E-state index is 0.0720. The zero-order chi connectivity index (χ0) is 12.1. The Morgan fingerprint density at radius 2 is 2.19 bits per heavy atom. The Bertz CT molecular complexity index is 396. The molecule has 0 bridgehead atoms. The van der Waals surface area contributed by atoms with Crippen LogP contribution in [0.1, 0.15) is 32.8 Å². The smallest absolute Gasteiger partial charge is 0.237 e. The van der Waals surface area contributed by atoms with Gasteiger partial charge in [0.05, 0.1) is 17.4 Å². The lowest BCUT2D eigenvalue weighted by molar-refractivity contribution is 0.187. The minimum Gasteiger partial charge on any atom is -0.473 e. The summed E-state index contributed by atoms with van der Waals surface area (Å²) in [6.07, 6.45) is 2.48. The highest BCUT2D eigenvalue weighted by atomic mass is 16.5. The molecular formula is C12H17N3O. The van der Waals surface area contributed by atoms with E-state index in [1.807, 2.05) is 13.0 Å². The molecule has 1 aromatic rings. The van der Waals surface area contributed by atoms with Crippen molar-refractivity contribution in [2.75, 3.05) is 5.73 Å². The number of nitrogens with zero attached hydrogens (tertiary/aromatic N) is 2. The van der Waals surface area contributed by atoms with Crippen LogP contribution in [0.3, 0.4) is 0 Å². The van der Waals surface area contributed by atoms with Gasteiger partial charge in [-0.3, -0.25) is 0 Å². The van der Waals surface area contributed by atoms with Crippen LogP contribution < -0.4 is 10.5 Å². The summed E-state index contributed by atoms with van der Waals surface area (Å²) in [4.78, 5) is 4.03. The highest BCUT2D eigenvalue weighted by molar-refractivity contribution is 5.51. The zero-order valence-corrected chi connectivity index (χ0v) is 9.90. The van der Waals surface area contributed by atoms with E-state index in [-0.39, 0.29) is 6.10 Å². The first-order chi connectivity index (χ1) is 7.52. The topological polar surface area (TPSA) is 71.9 Å². The largest absolute Gasteiger partial charge is 0.473 e. The van der Waals surface area contributed by atoms with Crippen molar-refractivity contribution < 1.29 is 4.74 Å². The van der Waals surface area contributed by atoms with Crippen LogP contribution >= 0.6 is 0 Å². The van der Waals surface area contributed by atoms with Gasteiger partial charge in [-0.05, 0) is 25.3 Å². The summed E-state index contributed by atoms with van der Waals surface area (Å²) in [7, 11) is 0. The first-order valence-corrected chi connectivity index (χ1v) is 5.35. The molecule has 0 saturated heterocycles. The molecule has 0 fully saturated rings. The molecule has 1 heterocycles. The number of hydrogen-bond donors (Lipinski definition) is 1. The van der Waals surface area contributed by atoms with Gasteiger partial charge >= 0.3 is 0 Å². The van der Waals surface area contributed by atoms with Crippen LogP contribution in [0.25, 0.3) is 0 Å². The van der Waals surface area contributed by atoms with Crippen molar-refractivity contribution in [3.63, 3.8) is 0 Å². The summed E-state index contributed by atoms with van der Waals surface area (Å²) in [6.45, 7) is 6.25. The molecule has 4 heteroatoms. The van der Waals surface area contributed by atoms with Crippen LogP contribution in [0, 0.1) is 17.2 Å². The molecule has 0 aliphatic rings. The third kappa shape index (κ3) is 3.43. The van der Waals surface area contributed by atoms with Crippen LogP contribution in [-0.4, -0.2) is 11.1 Å². The fraction of sp³-hybridized carbons (Fsp3) is 0.500. The molecule has 4 nitrogen and oxygen atoms in total. The minimum absolute atomic E-state index is 0.0720. The van der Waals surface area contributed by atoms with Gasteiger partial charge in [-0.1, -0.05) is 13.8 Å². The molecule has 1 aromatic heterocycles.